The Morgan fingerprint density at radius 1 is 1.30 bits per heavy atom. The average molecular weight is 530 g/mol. The number of pyridine rings is 1. The number of H-pyrrole nitrogens is 1. The molecule has 2 heterocycles. The molecule has 0 aliphatic carbocycles. The molecule has 0 unspecified atom stereocenters. The van der Waals surface area contributed by atoms with Crippen LogP contribution in [-0.2, 0) is 11.3 Å². The molecule has 0 bridgehead atoms. The third kappa shape index (κ3) is 4.60. The van der Waals surface area contributed by atoms with E-state index >= 15 is 0 Å². The minimum absolute atomic E-state index is 0.0404. The van der Waals surface area contributed by atoms with Crippen molar-refractivity contribution in [3.63, 3.8) is 0 Å². The van der Waals surface area contributed by atoms with Gasteiger partial charge in [-0.25, -0.2) is 14.2 Å². The van der Waals surface area contributed by atoms with Crippen LogP contribution in [0.5, 0.6) is 0 Å². The quantitative estimate of drug-likeness (QED) is 0.281. The summed E-state index contributed by atoms with van der Waals surface area (Å²) in [5.74, 6) is -1.08. The van der Waals surface area contributed by atoms with Crippen molar-refractivity contribution in [2.75, 3.05) is 17.7 Å². The highest BCUT2D eigenvalue weighted by molar-refractivity contribution is 9.10. The average Bonchev–Trinajstić information content (AvgIpc) is 3.28. The van der Waals surface area contributed by atoms with Gasteiger partial charge >= 0.3 is 5.97 Å². The highest BCUT2D eigenvalue weighted by Crippen LogP contribution is 2.35. The number of esters is 1. The van der Waals surface area contributed by atoms with Gasteiger partial charge < -0.3 is 20.4 Å². The molecular formula is C22H15BrClFN6O2. The zero-order valence-electron chi connectivity index (χ0n) is 17.0. The molecule has 0 saturated heterocycles. The van der Waals surface area contributed by atoms with Gasteiger partial charge in [0.15, 0.2) is 5.69 Å². The molecule has 0 atom stereocenters. The first-order valence-corrected chi connectivity index (χ1v) is 10.7. The lowest BCUT2D eigenvalue weighted by molar-refractivity contribution is 0.0593. The first kappa shape index (κ1) is 22.5. The molecule has 166 valence electrons. The second-order valence-electron chi connectivity index (χ2n) is 6.84. The van der Waals surface area contributed by atoms with Crippen molar-refractivity contribution in [1.82, 2.24) is 15.0 Å². The molecular weight excluding hydrogens is 515 g/mol. The van der Waals surface area contributed by atoms with E-state index < -0.39 is 11.8 Å². The fraction of sp³-hybridized carbons (Fsp3) is 0.0909. The van der Waals surface area contributed by atoms with Crippen molar-refractivity contribution in [3.8, 4) is 6.07 Å². The van der Waals surface area contributed by atoms with Gasteiger partial charge in [-0.15, -0.1) is 0 Å². The van der Waals surface area contributed by atoms with Crippen molar-refractivity contribution in [2.24, 2.45) is 0 Å². The molecule has 3 N–H and O–H groups in total. The number of aromatic amines is 1. The maximum absolute atomic E-state index is 13.6. The van der Waals surface area contributed by atoms with Crippen LogP contribution in [0.1, 0.15) is 21.7 Å². The Labute approximate surface area is 200 Å². The van der Waals surface area contributed by atoms with Crippen molar-refractivity contribution >= 4 is 61.5 Å². The van der Waals surface area contributed by atoms with Crippen molar-refractivity contribution in [1.29, 1.82) is 5.26 Å². The van der Waals surface area contributed by atoms with Crippen LogP contribution in [0, 0.1) is 17.1 Å². The number of methoxy groups -OCH3 is 1. The molecule has 0 amide bonds. The lowest BCUT2D eigenvalue weighted by atomic mass is 10.1. The van der Waals surface area contributed by atoms with E-state index in [2.05, 4.69) is 47.6 Å². The lowest BCUT2D eigenvalue weighted by Crippen LogP contribution is -2.09. The fourth-order valence-corrected chi connectivity index (χ4v) is 3.96. The number of carbonyl (C=O) groups is 1. The van der Waals surface area contributed by atoms with Gasteiger partial charge in [-0.05, 0) is 46.3 Å². The minimum atomic E-state index is -0.542. The van der Waals surface area contributed by atoms with Crippen molar-refractivity contribution < 1.29 is 13.9 Å². The van der Waals surface area contributed by atoms with E-state index in [4.69, 9.17) is 16.3 Å². The molecule has 4 aromatic rings. The highest BCUT2D eigenvalue weighted by Gasteiger charge is 2.16. The fourth-order valence-electron chi connectivity index (χ4n) is 3.22. The summed E-state index contributed by atoms with van der Waals surface area (Å²) in [5, 5.41) is 16.6. The second kappa shape index (κ2) is 9.44. The Balaban J connectivity index is 1.72. The Hall–Kier alpha value is -3.68. The van der Waals surface area contributed by atoms with Gasteiger partial charge in [0.05, 0.1) is 47.5 Å². The van der Waals surface area contributed by atoms with Crippen molar-refractivity contribution in [3.05, 3.63) is 75.1 Å². The number of fused-ring (bicyclic) bond motifs is 1. The van der Waals surface area contributed by atoms with Crippen LogP contribution in [0.4, 0.5) is 21.5 Å². The van der Waals surface area contributed by atoms with Crippen LogP contribution < -0.4 is 10.6 Å². The van der Waals surface area contributed by atoms with E-state index in [0.717, 1.165) is 0 Å². The molecule has 4 rings (SSSR count). The molecule has 33 heavy (non-hydrogen) atoms. The summed E-state index contributed by atoms with van der Waals surface area (Å²) in [6.45, 7) is 0.268. The maximum Gasteiger partial charge on any atom is 0.358 e. The molecule has 0 fully saturated rings. The van der Waals surface area contributed by atoms with Crippen molar-refractivity contribution in [2.45, 2.75) is 6.54 Å². The van der Waals surface area contributed by atoms with E-state index in [1.807, 2.05) is 12.1 Å². The Kier molecular flexibility index (Phi) is 6.44. The number of rotatable bonds is 6. The number of hydrogen-bond acceptors (Lipinski definition) is 7. The van der Waals surface area contributed by atoms with Gasteiger partial charge in [0, 0.05) is 27.4 Å². The number of hydrogen-bond donors (Lipinski definition) is 3. The highest BCUT2D eigenvalue weighted by atomic mass is 79.9. The molecule has 0 spiro atoms. The molecule has 0 radical (unpaired) electrons. The van der Waals surface area contributed by atoms with Crippen LogP contribution >= 0.6 is 27.5 Å². The largest absolute Gasteiger partial charge is 0.464 e. The van der Waals surface area contributed by atoms with Gasteiger partial charge in [0.1, 0.15) is 11.9 Å². The molecule has 0 saturated carbocycles. The van der Waals surface area contributed by atoms with Gasteiger partial charge in [-0.2, -0.15) is 5.26 Å². The minimum Gasteiger partial charge on any atom is -0.464 e. The number of ether oxygens (including phenoxy) is 1. The zero-order chi connectivity index (χ0) is 23.5. The summed E-state index contributed by atoms with van der Waals surface area (Å²) >= 11 is 9.43. The molecule has 8 nitrogen and oxygen atoms in total. The lowest BCUT2D eigenvalue weighted by Gasteiger charge is -2.15. The molecule has 0 aliphatic heterocycles. The van der Waals surface area contributed by atoms with Gasteiger partial charge in [0.2, 0.25) is 0 Å². The van der Waals surface area contributed by atoms with Crippen LogP contribution in [0.15, 0.2) is 47.3 Å². The number of aromatic nitrogens is 3. The maximum atomic E-state index is 13.6. The summed E-state index contributed by atoms with van der Waals surface area (Å²) in [6, 6.07) is 9.97. The Morgan fingerprint density at radius 2 is 2.12 bits per heavy atom. The number of nitrogens with one attached hydrogen (secondary N) is 3. The zero-order valence-corrected chi connectivity index (χ0v) is 19.4. The summed E-state index contributed by atoms with van der Waals surface area (Å²) < 4.78 is 19.0. The number of halogens is 3. The van der Waals surface area contributed by atoms with E-state index in [9.17, 15) is 14.4 Å². The smallest absolute Gasteiger partial charge is 0.358 e. The summed E-state index contributed by atoms with van der Waals surface area (Å²) in [7, 11) is 1.29. The van der Waals surface area contributed by atoms with Crippen LogP contribution in [0.2, 0.25) is 5.02 Å². The third-order valence-corrected chi connectivity index (χ3v) is 5.69. The van der Waals surface area contributed by atoms with Crippen LogP contribution in [0.25, 0.3) is 10.9 Å². The van der Waals surface area contributed by atoms with Crippen LogP contribution in [0.3, 0.4) is 0 Å². The van der Waals surface area contributed by atoms with E-state index in [0.29, 0.717) is 43.7 Å². The molecule has 2 aromatic carbocycles. The van der Waals surface area contributed by atoms with E-state index in [-0.39, 0.29) is 17.3 Å². The van der Waals surface area contributed by atoms with E-state index in [1.165, 1.54) is 37.8 Å². The van der Waals surface area contributed by atoms with Gasteiger partial charge in [-0.1, -0.05) is 11.6 Å². The normalized spacial score (nSPS) is 10.6. The third-order valence-electron chi connectivity index (χ3n) is 4.80. The summed E-state index contributed by atoms with van der Waals surface area (Å²) in [4.78, 5) is 23.1. The molecule has 11 heteroatoms. The molecule has 0 aliphatic rings. The number of anilines is 3. The Bertz CT molecular complexity index is 1420. The Morgan fingerprint density at radius 3 is 2.85 bits per heavy atom. The summed E-state index contributed by atoms with van der Waals surface area (Å²) in [6.07, 6.45) is 2.87. The predicted octanol–water partition coefficient (Wildman–Crippen LogP) is 5.53. The number of carbonyl (C=O) groups excluding carboxylic acids is 1. The number of imidazole rings is 1. The second-order valence-corrected chi connectivity index (χ2v) is 8.10. The monoisotopic (exact) mass is 528 g/mol. The topological polar surface area (TPSA) is 116 Å². The SMILES string of the molecule is COC(=O)c1nc[nH]c1CNc1cc(Br)c2ncc(C#N)c(Nc3ccc(F)c(Cl)c3)c2c1. The summed E-state index contributed by atoms with van der Waals surface area (Å²) in [5.41, 5.74) is 3.36. The predicted molar refractivity (Wildman–Crippen MR) is 126 cm³/mol. The first-order valence-electron chi connectivity index (χ1n) is 9.50. The van der Waals surface area contributed by atoms with E-state index in [1.54, 1.807) is 0 Å². The number of nitriles is 1. The number of nitrogens with zero attached hydrogens (tertiary/aromatic N) is 3. The van der Waals surface area contributed by atoms with Crippen LogP contribution in [-0.4, -0.2) is 28.0 Å². The standard InChI is InChI=1S/C22H15BrClFN6O2/c1-33-22(32)21-18(29-10-30-21)9-27-13-4-14-19(31-12-2-3-17(25)16(24)6-12)11(7-26)8-28-20(14)15(23)5-13/h2-6,8,10,27H,9H2,1H3,(H,28,31)(H,29,30). The van der Waals surface area contributed by atoms with Gasteiger partial charge in [0.25, 0.3) is 0 Å². The van der Waals surface area contributed by atoms with Gasteiger partial charge in [-0.3, -0.25) is 4.98 Å². The first-order chi connectivity index (χ1) is 15.9. The molecule has 2 aromatic heterocycles. The number of benzene rings is 2.